The molecule has 0 fully saturated rings. The van der Waals surface area contributed by atoms with Crippen LogP contribution in [0.4, 0.5) is 9.80 Å². The Labute approximate surface area is 95.7 Å². The van der Waals surface area contributed by atoms with E-state index >= 15 is 0 Å². The Hall–Kier alpha value is -1.89. The van der Waals surface area contributed by atoms with Crippen LogP contribution in [0.25, 0.3) is 0 Å². The van der Waals surface area contributed by atoms with Crippen LogP contribution in [0.1, 0.15) is 16.1 Å². The van der Waals surface area contributed by atoms with Gasteiger partial charge >= 0.3 is 12.1 Å². The smallest absolute Gasteiger partial charge is 0.412 e. The molecule has 1 aromatic rings. The summed E-state index contributed by atoms with van der Waals surface area (Å²) in [5.74, 6) is -1.13. The predicted octanol–water partition coefficient (Wildman–Crippen LogP) is 1.88. The molecule has 86 valence electrons. The number of anilines is 1. The number of aromatic nitrogens is 1. The third-order valence-corrected chi connectivity index (χ3v) is 2.48. The van der Waals surface area contributed by atoms with Crippen LogP contribution in [0.15, 0.2) is 12.7 Å². The van der Waals surface area contributed by atoms with Gasteiger partial charge in [0.05, 0.1) is 5.69 Å². The lowest BCUT2D eigenvalue weighted by Crippen LogP contribution is -2.14. The van der Waals surface area contributed by atoms with E-state index in [1.807, 2.05) is 0 Å². The lowest BCUT2D eigenvalue weighted by atomic mass is 10.2. The molecule has 7 heteroatoms. The summed E-state index contributed by atoms with van der Waals surface area (Å²) >= 11 is 0.898. The summed E-state index contributed by atoms with van der Waals surface area (Å²) < 4.78 is 8.50. The van der Waals surface area contributed by atoms with E-state index in [2.05, 4.69) is 21.0 Å². The predicted molar refractivity (Wildman–Crippen MR) is 59.0 cm³/mol. The summed E-state index contributed by atoms with van der Waals surface area (Å²) in [6.45, 7) is 5.00. The van der Waals surface area contributed by atoms with Crippen molar-refractivity contribution in [2.45, 2.75) is 6.92 Å². The van der Waals surface area contributed by atoms with Gasteiger partial charge in [0.1, 0.15) is 17.2 Å². The third-order valence-electron chi connectivity index (χ3n) is 1.62. The summed E-state index contributed by atoms with van der Waals surface area (Å²) in [4.78, 5) is 22.0. The van der Waals surface area contributed by atoms with Crippen molar-refractivity contribution in [2.75, 3.05) is 11.9 Å². The maximum atomic E-state index is 11.2. The largest absolute Gasteiger partial charge is 0.478 e. The Bertz CT molecular complexity index is 427. The van der Waals surface area contributed by atoms with Gasteiger partial charge in [-0.3, -0.25) is 5.32 Å². The zero-order valence-corrected chi connectivity index (χ0v) is 9.34. The summed E-state index contributed by atoms with van der Waals surface area (Å²) in [5.41, 5.74) is 0.345. The van der Waals surface area contributed by atoms with Crippen LogP contribution in [-0.4, -0.2) is 28.1 Å². The second-order valence-electron chi connectivity index (χ2n) is 2.79. The molecule has 0 aliphatic carbocycles. The number of aryl methyl sites for hydroxylation is 1. The normalized spacial score (nSPS) is 9.56. The fraction of sp³-hybridized carbons (Fsp3) is 0.222. The van der Waals surface area contributed by atoms with Crippen molar-refractivity contribution in [1.82, 2.24) is 4.37 Å². The van der Waals surface area contributed by atoms with Crippen molar-refractivity contribution in [1.29, 1.82) is 0 Å². The number of carboxylic acids is 1. The first-order chi connectivity index (χ1) is 7.56. The Morgan fingerprint density at radius 3 is 2.94 bits per heavy atom. The molecule has 0 saturated heterocycles. The van der Waals surface area contributed by atoms with Crippen LogP contribution in [0.2, 0.25) is 0 Å². The van der Waals surface area contributed by atoms with Crippen molar-refractivity contribution < 1.29 is 19.4 Å². The van der Waals surface area contributed by atoms with Crippen LogP contribution >= 0.6 is 11.5 Å². The number of nitrogens with zero attached hydrogens (tertiary/aromatic N) is 1. The highest BCUT2D eigenvalue weighted by molar-refractivity contribution is 7.10. The lowest BCUT2D eigenvalue weighted by Gasteiger charge is -2.03. The topological polar surface area (TPSA) is 88.5 Å². The van der Waals surface area contributed by atoms with Gasteiger partial charge in [-0.25, -0.2) is 9.59 Å². The quantitative estimate of drug-likeness (QED) is 0.787. The lowest BCUT2D eigenvalue weighted by molar-refractivity contribution is 0.0697. The summed E-state index contributed by atoms with van der Waals surface area (Å²) in [6.07, 6.45) is 0.682. The van der Waals surface area contributed by atoms with E-state index < -0.39 is 12.1 Å². The van der Waals surface area contributed by atoms with Crippen molar-refractivity contribution in [3.63, 3.8) is 0 Å². The molecule has 0 saturated carbocycles. The molecule has 1 amide bonds. The number of amides is 1. The molecule has 0 bridgehead atoms. The Kier molecular flexibility index (Phi) is 4.01. The molecule has 0 aliphatic heterocycles. The number of carboxylic acid groups (broad SMARTS) is 1. The highest BCUT2D eigenvalue weighted by Crippen LogP contribution is 2.24. The number of carbonyl (C=O) groups is 2. The maximum absolute atomic E-state index is 11.2. The first kappa shape index (κ1) is 12.2. The summed E-state index contributed by atoms with van der Waals surface area (Å²) in [5, 5.41) is 11.4. The Morgan fingerprint density at radius 1 is 1.69 bits per heavy atom. The van der Waals surface area contributed by atoms with E-state index in [0.717, 1.165) is 11.5 Å². The van der Waals surface area contributed by atoms with Gasteiger partial charge in [0, 0.05) is 0 Å². The van der Waals surface area contributed by atoms with E-state index in [1.54, 1.807) is 6.92 Å². The van der Waals surface area contributed by atoms with Crippen LogP contribution in [0.5, 0.6) is 0 Å². The average molecular weight is 242 g/mol. The molecular weight excluding hydrogens is 232 g/mol. The van der Waals surface area contributed by atoms with Crippen LogP contribution in [-0.2, 0) is 4.74 Å². The standard InChI is InChI=1S/C9H10N2O4S/c1-3-4-15-9(14)10-7-6(8(12)13)5(2)11-16-7/h3H,1,4H2,2H3,(H,10,14)(H,12,13). The number of carbonyl (C=O) groups excluding carboxylic acids is 1. The number of rotatable bonds is 4. The van der Waals surface area contributed by atoms with E-state index in [1.165, 1.54) is 6.08 Å². The second kappa shape index (κ2) is 5.26. The molecule has 2 N–H and O–H groups in total. The summed E-state index contributed by atoms with van der Waals surface area (Å²) in [7, 11) is 0. The van der Waals surface area contributed by atoms with Crippen molar-refractivity contribution >= 4 is 28.6 Å². The number of nitrogens with one attached hydrogen (secondary N) is 1. The molecule has 0 atom stereocenters. The van der Waals surface area contributed by atoms with Crippen LogP contribution in [0, 0.1) is 6.92 Å². The van der Waals surface area contributed by atoms with Crippen molar-refractivity contribution in [3.05, 3.63) is 23.9 Å². The zero-order chi connectivity index (χ0) is 12.1. The summed E-state index contributed by atoms with van der Waals surface area (Å²) in [6, 6.07) is 0. The van der Waals surface area contributed by atoms with Gasteiger partial charge in [-0.2, -0.15) is 4.37 Å². The Morgan fingerprint density at radius 2 is 2.38 bits per heavy atom. The highest BCUT2D eigenvalue weighted by atomic mass is 32.1. The van der Waals surface area contributed by atoms with E-state index in [-0.39, 0.29) is 17.2 Å². The first-order valence-electron chi connectivity index (χ1n) is 4.30. The molecular formula is C9H10N2O4S. The van der Waals surface area contributed by atoms with Crippen molar-refractivity contribution in [3.8, 4) is 0 Å². The molecule has 16 heavy (non-hydrogen) atoms. The fourth-order valence-electron chi connectivity index (χ4n) is 0.970. The SMILES string of the molecule is C=CCOC(=O)Nc1snc(C)c1C(=O)O. The van der Waals surface area contributed by atoms with Gasteiger partial charge in [0.25, 0.3) is 0 Å². The molecule has 1 heterocycles. The van der Waals surface area contributed by atoms with E-state index in [4.69, 9.17) is 5.11 Å². The molecule has 0 spiro atoms. The molecule has 1 rings (SSSR count). The van der Waals surface area contributed by atoms with Crippen LogP contribution in [0.3, 0.4) is 0 Å². The second-order valence-corrected chi connectivity index (χ2v) is 3.56. The molecule has 0 aliphatic rings. The van der Waals surface area contributed by atoms with Gasteiger partial charge < -0.3 is 9.84 Å². The van der Waals surface area contributed by atoms with Crippen molar-refractivity contribution in [2.24, 2.45) is 0 Å². The van der Waals surface area contributed by atoms with Gasteiger partial charge in [0.2, 0.25) is 0 Å². The molecule has 1 aromatic heterocycles. The third kappa shape index (κ3) is 2.80. The van der Waals surface area contributed by atoms with E-state index in [0.29, 0.717) is 5.69 Å². The number of aromatic carboxylic acids is 1. The fourth-order valence-corrected chi connectivity index (χ4v) is 1.75. The van der Waals surface area contributed by atoms with E-state index in [9.17, 15) is 9.59 Å². The first-order valence-corrected chi connectivity index (χ1v) is 5.07. The minimum absolute atomic E-state index is 0.0134. The van der Waals surface area contributed by atoms with Gasteiger partial charge in [-0.05, 0) is 18.5 Å². The minimum Gasteiger partial charge on any atom is -0.478 e. The minimum atomic E-state index is -1.13. The van der Waals surface area contributed by atoms with Gasteiger partial charge in [-0.15, -0.1) is 0 Å². The molecule has 0 radical (unpaired) electrons. The maximum Gasteiger partial charge on any atom is 0.412 e. The number of hydrogen-bond donors (Lipinski definition) is 2. The zero-order valence-electron chi connectivity index (χ0n) is 8.52. The van der Waals surface area contributed by atoms with Gasteiger partial charge in [0.15, 0.2) is 0 Å². The Balaban J connectivity index is 2.77. The van der Waals surface area contributed by atoms with Gasteiger partial charge in [-0.1, -0.05) is 12.7 Å². The highest BCUT2D eigenvalue weighted by Gasteiger charge is 2.19. The average Bonchev–Trinajstić information content (AvgIpc) is 2.56. The van der Waals surface area contributed by atoms with Crippen LogP contribution < -0.4 is 5.32 Å². The number of ether oxygens (including phenoxy) is 1. The molecule has 6 nitrogen and oxygen atoms in total. The molecule has 0 unspecified atom stereocenters. The monoisotopic (exact) mass is 242 g/mol. The number of hydrogen-bond acceptors (Lipinski definition) is 5. The molecule has 0 aromatic carbocycles.